The van der Waals surface area contributed by atoms with E-state index in [0.717, 1.165) is 29.7 Å². The van der Waals surface area contributed by atoms with E-state index in [0.29, 0.717) is 27.3 Å². The Kier molecular flexibility index (Phi) is 4.38. The minimum atomic E-state index is -0.497. The van der Waals surface area contributed by atoms with Crippen LogP contribution in [0.2, 0.25) is 5.02 Å². The van der Waals surface area contributed by atoms with E-state index < -0.39 is 11.9 Å². The molecule has 1 aromatic carbocycles. The molecule has 3 heterocycles. The highest BCUT2D eigenvalue weighted by molar-refractivity contribution is 7.17. The molecular weight excluding hydrogens is 372 g/mol. The average molecular weight is 391 g/mol. The molecule has 136 valence electrons. The summed E-state index contributed by atoms with van der Waals surface area (Å²) < 4.78 is 0. The topological polar surface area (TPSA) is 87.5 Å². The van der Waals surface area contributed by atoms with Gasteiger partial charge in [0, 0.05) is 27.7 Å². The Balaban J connectivity index is 1.60. The number of rotatable bonds is 3. The highest BCUT2D eigenvalue weighted by atomic mass is 35.5. The van der Waals surface area contributed by atoms with Crippen molar-refractivity contribution in [3.05, 3.63) is 45.3 Å². The molecule has 2 aromatic rings. The fraction of sp³-hybridized carbons (Fsp3) is 0.333. The number of carbonyl (C=O) groups is 2. The smallest absolute Gasteiger partial charge is 0.324 e. The first-order chi connectivity index (χ1) is 12.4. The van der Waals surface area contributed by atoms with E-state index in [-0.39, 0.29) is 6.04 Å². The Morgan fingerprint density at radius 1 is 1.23 bits per heavy atom. The molecule has 1 fully saturated rings. The van der Waals surface area contributed by atoms with Crippen LogP contribution in [0.1, 0.15) is 39.7 Å². The number of hydrogen-bond donors (Lipinski definition) is 3. The second kappa shape index (κ2) is 6.57. The van der Waals surface area contributed by atoms with Crippen molar-refractivity contribution in [3.8, 4) is 0 Å². The molecule has 26 heavy (non-hydrogen) atoms. The van der Waals surface area contributed by atoms with E-state index in [9.17, 15) is 9.59 Å². The molecule has 2 aliphatic heterocycles. The highest BCUT2D eigenvalue weighted by Gasteiger charge is 2.42. The summed E-state index contributed by atoms with van der Waals surface area (Å²) in [6, 6.07) is 7.12. The zero-order valence-electron chi connectivity index (χ0n) is 14.2. The number of hydrogen-bond acceptors (Lipinski definition) is 4. The van der Waals surface area contributed by atoms with Crippen LogP contribution in [0.25, 0.3) is 0 Å². The molecule has 3 amide bonds. The van der Waals surface area contributed by atoms with Crippen molar-refractivity contribution in [1.82, 2.24) is 4.90 Å². The fourth-order valence-electron chi connectivity index (χ4n) is 3.95. The van der Waals surface area contributed by atoms with Gasteiger partial charge < -0.3 is 11.1 Å². The number of primary amides is 1. The van der Waals surface area contributed by atoms with E-state index >= 15 is 0 Å². The van der Waals surface area contributed by atoms with Gasteiger partial charge in [-0.1, -0.05) is 11.6 Å². The average Bonchev–Trinajstić information content (AvgIpc) is 3.05. The largest absolute Gasteiger partial charge is 0.365 e. The minimum absolute atomic E-state index is 0.206. The van der Waals surface area contributed by atoms with Crippen molar-refractivity contribution in [2.45, 2.75) is 31.3 Å². The number of nitrogens with two attached hydrogens (primary N) is 1. The number of thiophene rings is 1. The Morgan fingerprint density at radius 3 is 2.65 bits per heavy atom. The third kappa shape index (κ3) is 2.96. The lowest BCUT2D eigenvalue weighted by molar-refractivity contribution is 0.0997. The van der Waals surface area contributed by atoms with E-state index in [1.165, 1.54) is 11.3 Å². The van der Waals surface area contributed by atoms with Crippen LogP contribution in [0.4, 0.5) is 15.5 Å². The number of halogens is 1. The maximum absolute atomic E-state index is 12.4. The van der Waals surface area contributed by atoms with Gasteiger partial charge in [-0.15, -0.1) is 11.3 Å². The summed E-state index contributed by atoms with van der Waals surface area (Å²) in [5.41, 5.74) is 7.74. The summed E-state index contributed by atoms with van der Waals surface area (Å²) in [5, 5.41) is 6.66. The van der Waals surface area contributed by atoms with Gasteiger partial charge in [-0.3, -0.25) is 15.0 Å². The summed E-state index contributed by atoms with van der Waals surface area (Å²) >= 11 is 7.31. The molecule has 0 radical (unpaired) electrons. The van der Waals surface area contributed by atoms with Gasteiger partial charge in [0.2, 0.25) is 0 Å². The van der Waals surface area contributed by atoms with Crippen molar-refractivity contribution in [1.29, 1.82) is 0 Å². The van der Waals surface area contributed by atoms with Crippen LogP contribution < -0.4 is 16.4 Å². The molecule has 6 nitrogen and oxygen atoms in total. The Labute approximate surface area is 160 Å². The number of benzene rings is 1. The van der Waals surface area contributed by atoms with E-state index in [1.807, 2.05) is 0 Å². The fourth-order valence-corrected chi connectivity index (χ4v) is 5.40. The third-order valence-corrected chi connectivity index (χ3v) is 6.59. The number of anilines is 2. The molecule has 2 atom stereocenters. The monoisotopic (exact) mass is 390 g/mol. The second-order valence-electron chi connectivity index (χ2n) is 6.71. The number of nitrogens with zero attached hydrogens (tertiary/aromatic N) is 1. The Bertz CT molecular complexity index is 880. The maximum Gasteiger partial charge on any atom is 0.324 e. The second-order valence-corrected chi connectivity index (χ2v) is 8.25. The third-order valence-electron chi connectivity index (χ3n) is 5.19. The summed E-state index contributed by atoms with van der Waals surface area (Å²) in [6.07, 6.45) is 3.04. The molecular formula is C18H19ClN4O2S. The minimum Gasteiger partial charge on any atom is -0.365 e. The van der Waals surface area contributed by atoms with Crippen LogP contribution in [-0.2, 0) is 6.42 Å². The molecule has 0 aliphatic carbocycles. The number of urea groups is 1. The van der Waals surface area contributed by atoms with Crippen molar-refractivity contribution >= 4 is 45.6 Å². The molecule has 2 bridgehead atoms. The molecule has 4 rings (SSSR count). The maximum atomic E-state index is 12.4. The lowest BCUT2D eigenvalue weighted by Gasteiger charge is -2.31. The number of nitrogens with one attached hydrogen (secondary N) is 2. The van der Waals surface area contributed by atoms with Crippen LogP contribution in [-0.4, -0.2) is 29.9 Å². The van der Waals surface area contributed by atoms with Crippen molar-refractivity contribution in [2.24, 2.45) is 5.73 Å². The lowest BCUT2D eigenvalue weighted by Crippen LogP contribution is -2.34. The standard InChI is InChI=1S/C18H19ClN4O2S/c1-23-11-6-7-12(23)14-13(8-11)26-17(15(14)16(20)24)22-18(25)21-10-4-2-9(19)3-5-10/h2-5,11-12H,6-8H2,1H3,(H2,20,24)(H2,21,22,25)/t11-,12?/m1/s1. The predicted molar refractivity (Wildman–Crippen MR) is 104 cm³/mol. The van der Waals surface area contributed by atoms with Gasteiger partial charge in [-0.05, 0) is 56.1 Å². The predicted octanol–water partition coefficient (Wildman–Crippen LogP) is 3.84. The molecule has 8 heteroatoms. The van der Waals surface area contributed by atoms with Gasteiger partial charge in [-0.25, -0.2) is 4.79 Å². The quantitative estimate of drug-likeness (QED) is 0.744. The Hall–Kier alpha value is -2.09. The highest BCUT2D eigenvalue weighted by Crippen LogP contribution is 2.49. The van der Waals surface area contributed by atoms with Gasteiger partial charge in [0.1, 0.15) is 5.00 Å². The number of amides is 3. The lowest BCUT2D eigenvalue weighted by atomic mass is 9.97. The first-order valence-corrected chi connectivity index (χ1v) is 9.64. The van der Waals surface area contributed by atoms with Crippen molar-refractivity contribution in [2.75, 3.05) is 17.7 Å². The van der Waals surface area contributed by atoms with E-state index in [2.05, 4.69) is 22.6 Å². The van der Waals surface area contributed by atoms with Crippen LogP contribution >= 0.6 is 22.9 Å². The van der Waals surface area contributed by atoms with Crippen LogP contribution in [0.5, 0.6) is 0 Å². The molecule has 0 saturated carbocycles. The molecule has 4 N–H and O–H groups in total. The number of carbonyl (C=O) groups excluding carboxylic acids is 2. The van der Waals surface area contributed by atoms with Crippen LogP contribution in [0.15, 0.2) is 24.3 Å². The summed E-state index contributed by atoms with van der Waals surface area (Å²) in [5.74, 6) is -0.497. The normalized spacial score (nSPS) is 21.3. The number of fused-ring (bicyclic) bond motifs is 4. The van der Waals surface area contributed by atoms with E-state index in [1.54, 1.807) is 24.3 Å². The summed E-state index contributed by atoms with van der Waals surface area (Å²) in [6.45, 7) is 0. The first kappa shape index (κ1) is 17.3. The SMILES string of the molecule is CN1C2CC[C@@H]1Cc1sc(NC(=O)Nc3ccc(Cl)cc3)c(C(N)=O)c12. The first-order valence-electron chi connectivity index (χ1n) is 8.45. The molecule has 1 aromatic heterocycles. The summed E-state index contributed by atoms with van der Waals surface area (Å²) in [7, 11) is 2.09. The summed E-state index contributed by atoms with van der Waals surface area (Å²) in [4.78, 5) is 28.0. The van der Waals surface area contributed by atoms with Crippen molar-refractivity contribution < 1.29 is 9.59 Å². The van der Waals surface area contributed by atoms with Crippen molar-refractivity contribution in [3.63, 3.8) is 0 Å². The van der Waals surface area contributed by atoms with Crippen LogP contribution in [0, 0.1) is 0 Å². The zero-order chi connectivity index (χ0) is 18.4. The number of likely N-dealkylation sites (N-methyl/N-ethyl adjacent to an activating group) is 1. The van der Waals surface area contributed by atoms with Crippen LogP contribution in [0.3, 0.4) is 0 Å². The van der Waals surface area contributed by atoms with Gasteiger partial charge in [-0.2, -0.15) is 0 Å². The Morgan fingerprint density at radius 2 is 1.96 bits per heavy atom. The molecule has 2 aliphatic rings. The molecule has 1 saturated heterocycles. The zero-order valence-corrected chi connectivity index (χ0v) is 15.8. The van der Waals surface area contributed by atoms with E-state index in [4.69, 9.17) is 17.3 Å². The van der Waals surface area contributed by atoms with Gasteiger partial charge in [0.05, 0.1) is 5.56 Å². The van der Waals surface area contributed by atoms with Gasteiger partial charge in [0.15, 0.2) is 0 Å². The molecule has 1 unspecified atom stereocenters. The van der Waals surface area contributed by atoms with Gasteiger partial charge >= 0.3 is 6.03 Å². The molecule has 0 spiro atoms. The van der Waals surface area contributed by atoms with Gasteiger partial charge in [0.25, 0.3) is 5.91 Å².